The van der Waals surface area contributed by atoms with Crippen LogP contribution in [0.3, 0.4) is 0 Å². The van der Waals surface area contributed by atoms with Crippen LogP contribution in [0.25, 0.3) is 0 Å². The molecule has 5 heterocycles. The van der Waals surface area contributed by atoms with Crippen LogP contribution in [-0.2, 0) is 4.74 Å². The number of aliphatic hydroxyl groups is 1. The van der Waals surface area contributed by atoms with Crippen LogP contribution in [-0.4, -0.2) is 76.5 Å². The van der Waals surface area contributed by atoms with E-state index < -0.39 is 5.54 Å². The Kier molecular flexibility index (Phi) is 5.75. The summed E-state index contributed by atoms with van der Waals surface area (Å²) in [6.45, 7) is 7.01. The average molecular weight is 494 g/mol. The highest BCUT2D eigenvalue weighted by atomic mass is 16.5. The third-order valence-electron chi connectivity index (χ3n) is 8.08. The van der Waals surface area contributed by atoms with E-state index in [2.05, 4.69) is 25.4 Å². The van der Waals surface area contributed by atoms with Gasteiger partial charge in [0.05, 0.1) is 37.1 Å². The number of hydrogen-bond donors (Lipinski definition) is 3. The highest BCUT2D eigenvalue weighted by Gasteiger charge is 2.45. The standard InChI is InChI=1S/C26H35N7O3/c1-25(2,16-34)31-20-13-27-22(23(29-20)32-10-8-26(6-7-26)9-11-32)24(35)30-19-4-3-5-21(28-19)33-14-18-12-17(33)15-36-18/h3-5,13,17-18,34H,6-12,14-16H2,1-2H3,(H,29,31)(H,28,30,35)/t17-,18-/m0/s1. The molecule has 0 unspecified atom stereocenters. The van der Waals surface area contributed by atoms with Crippen LogP contribution in [0.5, 0.6) is 0 Å². The molecule has 1 amide bonds. The number of aromatic nitrogens is 3. The first kappa shape index (κ1) is 23.4. The van der Waals surface area contributed by atoms with Gasteiger partial charge >= 0.3 is 0 Å². The molecular formula is C26H35N7O3. The van der Waals surface area contributed by atoms with Gasteiger partial charge in [-0.3, -0.25) is 4.79 Å². The van der Waals surface area contributed by atoms with Crippen molar-refractivity contribution < 1.29 is 14.6 Å². The van der Waals surface area contributed by atoms with E-state index in [-0.39, 0.29) is 24.3 Å². The van der Waals surface area contributed by atoms with Crippen LogP contribution in [0.15, 0.2) is 24.4 Å². The van der Waals surface area contributed by atoms with Gasteiger partial charge in [-0.25, -0.2) is 15.0 Å². The molecule has 36 heavy (non-hydrogen) atoms. The van der Waals surface area contributed by atoms with Crippen molar-refractivity contribution in [2.75, 3.05) is 53.3 Å². The zero-order valence-corrected chi connectivity index (χ0v) is 21.0. The summed E-state index contributed by atoms with van der Waals surface area (Å²) in [6, 6.07) is 6.05. The molecule has 4 aliphatic rings. The molecule has 2 bridgehead atoms. The number of rotatable bonds is 7. The lowest BCUT2D eigenvalue weighted by atomic mass is 9.93. The third-order valence-corrected chi connectivity index (χ3v) is 8.08. The van der Waals surface area contributed by atoms with Gasteiger partial charge in [0.15, 0.2) is 11.5 Å². The zero-order chi connectivity index (χ0) is 24.9. The van der Waals surface area contributed by atoms with Crippen molar-refractivity contribution in [1.29, 1.82) is 0 Å². The maximum atomic E-state index is 13.5. The molecule has 0 radical (unpaired) electrons. The van der Waals surface area contributed by atoms with Crippen LogP contribution < -0.4 is 20.4 Å². The smallest absolute Gasteiger partial charge is 0.279 e. The molecule has 3 saturated heterocycles. The molecule has 1 spiro atoms. The zero-order valence-electron chi connectivity index (χ0n) is 21.0. The summed E-state index contributed by atoms with van der Waals surface area (Å²) >= 11 is 0. The van der Waals surface area contributed by atoms with E-state index in [0.717, 1.165) is 51.3 Å². The monoisotopic (exact) mass is 493 g/mol. The third kappa shape index (κ3) is 4.59. The molecular weight excluding hydrogens is 458 g/mol. The Morgan fingerprint density at radius 3 is 2.67 bits per heavy atom. The number of nitrogens with zero attached hydrogens (tertiary/aromatic N) is 5. The van der Waals surface area contributed by atoms with Crippen molar-refractivity contribution in [3.63, 3.8) is 0 Å². The van der Waals surface area contributed by atoms with Gasteiger partial charge in [-0.1, -0.05) is 6.07 Å². The van der Waals surface area contributed by atoms with Crippen molar-refractivity contribution in [2.24, 2.45) is 5.41 Å². The fourth-order valence-corrected chi connectivity index (χ4v) is 5.58. The second-order valence-electron chi connectivity index (χ2n) is 11.4. The first-order valence-electron chi connectivity index (χ1n) is 13.0. The topological polar surface area (TPSA) is 116 Å². The van der Waals surface area contributed by atoms with Crippen LogP contribution >= 0.6 is 0 Å². The number of fused-ring (bicyclic) bond motifs is 2. The molecule has 2 aromatic rings. The molecule has 1 aliphatic carbocycles. The number of carbonyl (C=O) groups excluding carboxylic acids is 1. The molecule has 2 atom stereocenters. The van der Waals surface area contributed by atoms with E-state index in [1.165, 1.54) is 12.8 Å². The van der Waals surface area contributed by atoms with Crippen molar-refractivity contribution in [3.8, 4) is 0 Å². The number of piperidine rings is 1. The van der Waals surface area contributed by atoms with Crippen LogP contribution in [0.2, 0.25) is 0 Å². The quantitative estimate of drug-likeness (QED) is 0.535. The number of aliphatic hydroxyl groups excluding tert-OH is 1. The number of ether oxygens (including phenoxy) is 1. The first-order chi connectivity index (χ1) is 17.3. The van der Waals surface area contributed by atoms with Gasteiger partial charge in [0.25, 0.3) is 5.91 Å². The number of nitrogens with one attached hydrogen (secondary N) is 2. The van der Waals surface area contributed by atoms with E-state index >= 15 is 0 Å². The van der Waals surface area contributed by atoms with Crippen LogP contribution in [0, 0.1) is 5.41 Å². The highest BCUT2D eigenvalue weighted by Crippen LogP contribution is 2.54. The maximum absolute atomic E-state index is 13.5. The predicted octanol–water partition coefficient (Wildman–Crippen LogP) is 2.66. The summed E-state index contributed by atoms with van der Waals surface area (Å²) in [5.41, 5.74) is 0.237. The Morgan fingerprint density at radius 1 is 1.19 bits per heavy atom. The van der Waals surface area contributed by atoms with E-state index in [4.69, 9.17) is 14.7 Å². The first-order valence-corrected chi connectivity index (χ1v) is 13.0. The predicted molar refractivity (Wildman–Crippen MR) is 138 cm³/mol. The molecule has 10 heteroatoms. The molecule has 4 fully saturated rings. The summed E-state index contributed by atoms with van der Waals surface area (Å²) < 4.78 is 5.71. The average Bonchev–Trinajstić information content (AvgIpc) is 3.29. The Labute approximate surface area is 211 Å². The van der Waals surface area contributed by atoms with Crippen LogP contribution in [0.4, 0.5) is 23.3 Å². The summed E-state index contributed by atoms with van der Waals surface area (Å²) in [7, 11) is 0. The molecule has 3 aliphatic heterocycles. The fraction of sp³-hybridized carbons (Fsp3) is 0.615. The Morgan fingerprint density at radius 2 is 2.00 bits per heavy atom. The molecule has 3 N–H and O–H groups in total. The second-order valence-corrected chi connectivity index (χ2v) is 11.4. The highest BCUT2D eigenvalue weighted by molar-refractivity contribution is 6.05. The minimum atomic E-state index is -0.555. The Balaban J connectivity index is 1.24. The number of morpholine rings is 1. The van der Waals surface area contributed by atoms with Gasteiger partial charge in [-0.15, -0.1) is 0 Å². The molecule has 0 aromatic carbocycles. The van der Waals surface area contributed by atoms with Gasteiger partial charge in [0, 0.05) is 19.6 Å². The summed E-state index contributed by atoms with van der Waals surface area (Å²) in [6.07, 6.45) is 7.70. The SMILES string of the molecule is CC(C)(CO)Nc1cnc(C(=O)Nc2cccc(N3C[C@@H]4C[C@H]3CO4)n2)c(N2CCC3(CC2)CC3)n1. The van der Waals surface area contributed by atoms with E-state index in [1.54, 1.807) is 12.3 Å². The Hall–Kier alpha value is -2.98. The summed E-state index contributed by atoms with van der Waals surface area (Å²) in [5.74, 6) is 2.14. The van der Waals surface area contributed by atoms with Crippen molar-refractivity contribution in [1.82, 2.24) is 15.0 Å². The number of hydrogen-bond acceptors (Lipinski definition) is 9. The van der Waals surface area contributed by atoms with E-state index in [1.807, 2.05) is 26.0 Å². The molecule has 6 rings (SSSR count). The molecule has 10 nitrogen and oxygen atoms in total. The van der Waals surface area contributed by atoms with E-state index in [0.29, 0.717) is 28.9 Å². The number of anilines is 4. The summed E-state index contributed by atoms with van der Waals surface area (Å²) in [4.78, 5) is 32.0. The maximum Gasteiger partial charge on any atom is 0.279 e. The normalized spacial score (nSPS) is 24.3. The van der Waals surface area contributed by atoms with Crippen molar-refractivity contribution in [3.05, 3.63) is 30.1 Å². The summed E-state index contributed by atoms with van der Waals surface area (Å²) in [5, 5.41) is 15.9. The van der Waals surface area contributed by atoms with Crippen molar-refractivity contribution >= 4 is 29.2 Å². The number of pyridine rings is 1. The molecule has 192 valence electrons. The lowest BCUT2D eigenvalue weighted by molar-refractivity contribution is 0.0988. The second kappa shape index (κ2) is 8.85. The van der Waals surface area contributed by atoms with Crippen molar-refractivity contribution in [2.45, 2.75) is 63.6 Å². The van der Waals surface area contributed by atoms with Crippen LogP contribution in [0.1, 0.15) is 56.4 Å². The fourth-order valence-electron chi connectivity index (χ4n) is 5.58. The van der Waals surface area contributed by atoms with Gasteiger partial charge in [0.1, 0.15) is 17.5 Å². The molecule has 2 aromatic heterocycles. The number of carbonyl (C=O) groups is 1. The largest absolute Gasteiger partial charge is 0.394 e. The number of amides is 1. The Bertz CT molecular complexity index is 1140. The van der Waals surface area contributed by atoms with E-state index in [9.17, 15) is 9.90 Å². The van der Waals surface area contributed by atoms with Gasteiger partial charge in [0.2, 0.25) is 0 Å². The minimum Gasteiger partial charge on any atom is -0.394 e. The lowest BCUT2D eigenvalue weighted by Gasteiger charge is -2.34. The minimum absolute atomic E-state index is 0.0504. The molecule has 1 saturated carbocycles. The van der Waals surface area contributed by atoms with Gasteiger partial charge in [-0.2, -0.15) is 0 Å². The lowest BCUT2D eigenvalue weighted by Crippen LogP contribution is -2.38. The van der Waals surface area contributed by atoms with Gasteiger partial charge < -0.3 is 30.3 Å². The van der Waals surface area contributed by atoms with Gasteiger partial charge in [-0.05, 0) is 63.5 Å².